The Balaban J connectivity index is 2.55. The summed E-state index contributed by atoms with van der Waals surface area (Å²) in [5, 5.41) is 13.5. The van der Waals surface area contributed by atoms with Gasteiger partial charge in [0.1, 0.15) is 5.75 Å². The molecule has 2 N–H and O–H groups in total. The van der Waals surface area contributed by atoms with Gasteiger partial charge in [0.15, 0.2) is 5.13 Å². The van der Waals surface area contributed by atoms with Gasteiger partial charge in [-0.2, -0.15) is 0 Å². The highest BCUT2D eigenvalue weighted by atomic mass is 32.1. The largest absolute Gasteiger partial charge is 0.507 e. The number of hydrogen-bond donors (Lipinski definition) is 2. The maximum Gasteiger partial charge on any atom is 0.228 e. The molecule has 102 valence electrons. The van der Waals surface area contributed by atoms with Crippen LogP contribution in [0.1, 0.15) is 30.5 Å². The summed E-state index contributed by atoms with van der Waals surface area (Å²) >= 11 is 1.40. The van der Waals surface area contributed by atoms with Crippen molar-refractivity contribution < 1.29 is 9.90 Å². The van der Waals surface area contributed by atoms with E-state index in [0.29, 0.717) is 10.9 Å². The summed E-state index contributed by atoms with van der Waals surface area (Å²) in [6, 6.07) is 0. The Morgan fingerprint density at radius 3 is 2.42 bits per heavy atom. The smallest absolute Gasteiger partial charge is 0.228 e. The van der Waals surface area contributed by atoms with Crippen LogP contribution in [-0.4, -0.2) is 16.0 Å². The molecular formula is C14H18N2O2S. The number of anilines is 1. The standard InChI is InChI=1S/C14H18N2O2S/c1-6(2)13(18)16-14-15-10-7(3)8(4)11(17)9(5)12(10)19-14/h6,17H,1-5H3,(H,15,16,18). The molecule has 19 heavy (non-hydrogen) atoms. The number of phenolic OH excluding ortho intramolecular Hbond substituents is 1. The molecule has 0 aliphatic rings. The molecule has 1 heterocycles. The fraction of sp³-hybridized carbons (Fsp3) is 0.429. The second kappa shape index (κ2) is 4.81. The molecule has 1 aromatic carbocycles. The zero-order chi connectivity index (χ0) is 14.3. The van der Waals surface area contributed by atoms with E-state index >= 15 is 0 Å². The van der Waals surface area contributed by atoms with Crippen LogP contribution in [0.3, 0.4) is 0 Å². The molecular weight excluding hydrogens is 260 g/mol. The van der Waals surface area contributed by atoms with Crippen molar-refractivity contribution in [2.45, 2.75) is 34.6 Å². The number of nitrogens with zero attached hydrogens (tertiary/aromatic N) is 1. The van der Waals surface area contributed by atoms with Gasteiger partial charge in [0, 0.05) is 11.5 Å². The number of carbonyl (C=O) groups excluding carboxylic acids is 1. The lowest BCUT2D eigenvalue weighted by Gasteiger charge is -2.07. The molecule has 0 aliphatic heterocycles. The first-order valence-electron chi connectivity index (χ1n) is 6.23. The predicted octanol–water partition coefficient (Wildman–Crippen LogP) is 3.52. The number of fused-ring (bicyclic) bond motifs is 1. The highest BCUT2D eigenvalue weighted by molar-refractivity contribution is 7.22. The van der Waals surface area contributed by atoms with Gasteiger partial charge >= 0.3 is 0 Å². The average molecular weight is 278 g/mol. The molecule has 0 bridgehead atoms. The molecule has 2 rings (SSSR count). The van der Waals surface area contributed by atoms with Crippen LogP contribution >= 0.6 is 11.3 Å². The molecule has 2 aromatic rings. The molecule has 1 aromatic heterocycles. The Bertz CT molecular complexity index is 614. The van der Waals surface area contributed by atoms with Gasteiger partial charge in [-0.05, 0) is 31.9 Å². The van der Waals surface area contributed by atoms with Crippen molar-refractivity contribution in [2.75, 3.05) is 5.32 Å². The molecule has 0 aliphatic carbocycles. The topological polar surface area (TPSA) is 62.2 Å². The summed E-state index contributed by atoms with van der Waals surface area (Å²) in [7, 11) is 0. The van der Waals surface area contributed by atoms with Gasteiger partial charge < -0.3 is 10.4 Å². The van der Waals surface area contributed by atoms with Gasteiger partial charge in [0.25, 0.3) is 0 Å². The van der Waals surface area contributed by atoms with Crippen LogP contribution in [0.2, 0.25) is 0 Å². The van der Waals surface area contributed by atoms with E-state index in [0.717, 1.165) is 26.9 Å². The van der Waals surface area contributed by atoms with E-state index in [9.17, 15) is 9.90 Å². The van der Waals surface area contributed by atoms with Crippen molar-refractivity contribution in [1.82, 2.24) is 4.98 Å². The molecule has 0 saturated carbocycles. The number of aromatic hydroxyl groups is 1. The lowest BCUT2D eigenvalue weighted by Crippen LogP contribution is -2.17. The highest BCUT2D eigenvalue weighted by Crippen LogP contribution is 2.38. The molecule has 0 fully saturated rings. The maximum absolute atomic E-state index is 11.7. The third-order valence-electron chi connectivity index (χ3n) is 3.35. The van der Waals surface area contributed by atoms with Crippen LogP contribution in [0.15, 0.2) is 0 Å². The Hall–Kier alpha value is -1.62. The molecule has 4 nitrogen and oxygen atoms in total. The number of aryl methyl sites for hydroxylation is 2. The van der Waals surface area contributed by atoms with Crippen LogP contribution in [0.5, 0.6) is 5.75 Å². The molecule has 0 unspecified atom stereocenters. The number of carbonyl (C=O) groups is 1. The van der Waals surface area contributed by atoms with Crippen molar-refractivity contribution in [2.24, 2.45) is 5.92 Å². The predicted molar refractivity (Wildman–Crippen MR) is 79.0 cm³/mol. The molecule has 0 spiro atoms. The summed E-state index contributed by atoms with van der Waals surface area (Å²) in [4.78, 5) is 16.2. The van der Waals surface area contributed by atoms with E-state index < -0.39 is 0 Å². The fourth-order valence-electron chi connectivity index (χ4n) is 1.88. The average Bonchev–Trinajstić information content (AvgIpc) is 2.77. The number of thiazole rings is 1. The lowest BCUT2D eigenvalue weighted by atomic mass is 10.0. The maximum atomic E-state index is 11.7. The molecule has 0 saturated heterocycles. The third kappa shape index (κ3) is 2.30. The van der Waals surface area contributed by atoms with Crippen LogP contribution in [-0.2, 0) is 4.79 Å². The van der Waals surface area contributed by atoms with Gasteiger partial charge in [-0.1, -0.05) is 25.2 Å². The van der Waals surface area contributed by atoms with E-state index in [1.165, 1.54) is 11.3 Å². The quantitative estimate of drug-likeness (QED) is 0.883. The minimum Gasteiger partial charge on any atom is -0.507 e. The summed E-state index contributed by atoms with van der Waals surface area (Å²) in [6.45, 7) is 9.37. The van der Waals surface area contributed by atoms with Crippen LogP contribution in [0.4, 0.5) is 5.13 Å². The number of amides is 1. The second-order valence-corrected chi connectivity index (χ2v) is 6.06. The number of rotatable bonds is 2. The van der Waals surface area contributed by atoms with Gasteiger partial charge in [-0.3, -0.25) is 4.79 Å². The van der Waals surface area contributed by atoms with Crippen LogP contribution in [0.25, 0.3) is 10.2 Å². The normalized spacial score (nSPS) is 11.3. The fourth-order valence-corrected chi connectivity index (χ4v) is 2.90. The van der Waals surface area contributed by atoms with Gasteiger partial charge in [0.05, 0.1) is 10.2 Å². The van der Waals surface area contributed by atoms with E-state index in [2.05, 4.69) is 10.3 Å². The van der Waals surface area contributed by atoms with Gasteiger partial charge in [-0.25, -0.2) is 4.98 Å². The molecule has 0 radical (unpaired) electrons. The van der Waals surface area contributed by atoms with Crippen LogP contribution in [0, 0.1) is 26.7 Å². The van der Waals surface area contributed by atoms with E-state index in [-0.39, 0.29) is 11.8 Å². The Morgan fingerprint density at radius 2 is 1.84 bits per heavy atom. The van der Waals surface area contributed by atoms with Crippen molar-refractivity contribution in [3.8, 4) is 5.75 Å². The van der Waals surface area contributed by atoms with Crippen LogP contribution < -0.4 is 5.32 Å². The number of phenols is 1. The first-order valence-corrected chi connectivity index (χ1v) is 7.04. The first kappa shape index (κ1) is 13.8. The SMILES string of the molecule is Cc1c(O)c(C)c2sc(NC(=O)C(C)C)nc2c1C. The van der Waals surface area contributed by atoms with Crippen molar-refractivity contribution in [3.05, 3.63) is 16.7 Å². The first-order chi connectivity index (χ1) is 8.82. The minimum atomic E-state index is -0.0793. The monoisotopic (exact) mass is 278 g/mol. The van der Waals surface area contributed by atoms with Gasteiger partial charge in [0.2, 0.25) is 5.91 Å². The Kier molecular flexibility index (Phi) is 3.49. The summed E-state index contributed by atoms with van der Waals surface area (Å²) < 4.78 is 0.930. The highest BCUT2D eigenvalue weighted by Gasteiger charge is 2.17. The lowest BCUT2D eigenvalue weighted by molar-refractivity contribution is -0.118. The van der Waals surface area contributed by atoms with Crippen molar-refractivity contribution >= 4 is 32.6 Å². The second-order valence-electron chi connectivity index (χ2n) is 5.06. The Labute approximate surface area is 116 Å². The third-order valence-corrected chi connectivity index (χ3v) is 4.44. The number of nitrogens with one attached hydrogen (secondary N) is 1. The van der Waals surface area contributed by atoms with E-state index in [4.69, 9.17) is 0 Å². The summed E-state index contributed by atoms with van der Waals surface area (Å²) in [5.41, 5.74) is 3.48. The number of benzene rings is 1. The summed E-state index contributed by atoms with van der Waals surface area (Å²) in [6.07, 6.45) is 0. The van der Waals surface area contributed by atoms with Crippen molar-refractivity contribution in [3.63, 3.8) is 0 Å². The minimum absolute atomic E-state index is 0.0460. The Morgan fingerprint density at radius 1 is 1.21 bits per heavy atom. The molecule has 1 amide bonds. The van der Waals surface area contributed by atoms with Gasteiger partial charge in [-0.15, -0.1) is 0 Å². The zero-order valence-electron chi connectivity index (χ0n) is 11.8. The molecule has 0 atom stereocenters. The number of aromatic nitrogens is 1. The summed E-state index contributed by atoms with van der Waals surface area (Å²) in [5.74, 6) is 0.190. The van der Waals surface area contributed by atoms with E-state index in [1.54, 1.807) is 0 Å². The number of hydrogen-bond acceptors (Lipinski definition) is 4. The zero-order valence-corrected chi connectivity index (χ0v) is 12.6. The van der Waals surface area contributed by atoms with E-state index in [1.807, 2.05) is 34.6 Å². The van der Waals surface area contributed by atoms with Crippen molar-refractivity contribution in [1.29, 1.82) is 0 Å². The molecule has 5 heteroatoms.